The summed E-state index contributed by atoms with van der Waals surface area (Å²) in [7, 11) is 3.56. The molecule has 0 saturated carbocycles. The molecule has 8 heteroatoms. The van der Waals surface area contributed by atoms with Crippen LogP contribution < -0.4 is 15.4 Å². The summed E-state index contributed by atoms with van der Waals surface area (Å²) in [4.78, 5) is 18.2. The van der Waals surface area contributed by atoms with E-state index in [4.69, 9.17) is 0 Å². The first-order valence-electron chi connectivity index (χ1n) is 9.25. The van der Waals surface area contributed by atoms with E-state index in [1.165, 1.54) is 12.1 Å². The molecule has 0 radical (unpaired) electrons. The van der Waals surface area contributed by atoms with Gasteiger partial charge in [-0.3, -0.25) is 9.79 Å². The minimum atomic E-state index is -2.84. The molecule has 0 atom stereocenters. The number of benzene rings is 2. The molecule has 2 aromatic carbocycles. The molecule has 0 heterocycles. The lowest BCUT2D eigenvalue weighted by molar-refractivity contribution is -0.0498. The number of carbonyl (C=O) groups excluding carboxylic acids is 1. The highest BCUT2D eigenvalue weighted by atomic mass is 19.3. The Bertz CT molecular complexity index is 826. The van der Waals surface area contributed by atoms with Crippen LogP contribution in [0.5, 0.6) is 5.75 Å². The van der Waals surface area contributed by atoms with Crippen molar-refractivity contribution in [2.24, 2.45) is 4.99 Å². The maximum absolute atomic E-state index is 12.2. The Morgan fingerprint density at radius 3 is 2.48 bits per heavy atom. The van der Waals surface area contributed by atoms with Crippen LogP contribution >= 0.6 is 0 Å². The zero-order valence-corrected chi connectivity index (χ0v) is 16.8. The molecular formula is C21H26F2N4O2. The number of aliphatic imine (C=N–C) groups is 1. The molecule has 0 spiro atoms. The maximum Gasteiger partial charge on any atom is 0.387 e. The quantitative estimate of drug-likeness (QED) is 0.524. The first kappa shape index (κ1) is 22.1. The number of hydrogen-bond donors (Lipinski definition) is 2. The highest BCUT2D eigenvalue weighted by molar-refractivity contribution is 5.94. The summed E-state index contributed by atoms with van der Waals surface area (Å²) < 4.78 is 28.8. The first-order valence-corrected chi connectivity index (χ1v) is 9.25. The minimum Gasteiger partial charge on any atom is -0.435 e. The third-order valence-electron chi connectivity index (χ3n) is 4.12. The zero-order valence-electron chi connectivity index (χ0n) is 16.8. The number of carbonyl (C=O) groups is 1. The molecule has 0 aromatic heterocycles. The lowest BCUT2D eigenvalue weighted by Gasteiger charge is -2.22. The molecule has 2 aromatic rings. The van der Waals surface area contributed by atoms with Crippen LogP contribution in [-0.2, 0) is 13.1 Å². The van der Waals surface area contributed by atoms with Crippen LogP contribution in [0.4, 0.5) is 8.78 Å². The number of nitrogens with zero attached hydrogens (tertiary/aromatic N) is 2. The van der Waals surface area contributed by atoms with E-state index in [1.807, 2.05) is 37.1 Å². The van der Waals surface area contributed by atoms with E-state index in [0.29, 0.717) is 31.2 Å². The highest BCUT2D eigenvalue weighted by Crippen LogP contribution is 2.16. The van der Waals surface area contributed by atoms with E-state index in [1.54, 1.807) is 25.2 Å². The van der Waals surface area contributed by atoms with Crippen molar-refractivity contribution in [2.45, 2.75) is 26.6 Å². The molecule has 29 heavy (non-hydrogen) atoms. The Kier molecular flexibility index (Phi) is 8.39. The van der Waals surface area contributed by atoms with Crippen molar-refractivity contribution in [1.82, 2.24) is 15.5 Å². The summed E-state index contributed by atoms with van der Waals surface area (Å²) in [6.07, 6.45) is 0. The summed E-state index contributed by atoms with van der Waals surface area (Å²) >= 11 is 0. The lowest BCUT2D eigenvalue weighted by atomic mass is 10.1. The summed E-state index contributed by atoms with van der Waals surface area (Å²) in [5.74, 6) is 0.692. The molecule has 6 nitrogen and oxygen atoms in total. The fourth-order valence-corrected chi connectivity index (χ4v) is 2.78. The number of ether oxygens (including phenoxy) is 1. The Hall–Kier alpha value is -3.16. The van der Waals surface area contributed by atoms with E-state index in [2.05, 4.69) is 20.4 Å². The van der Waals surface area contributed by atoms with E-state index in [9.17, 15) is 13.6 Å². The number of alkyl halides is 2. The summed E-state index contributed by atoms with van der Waals surface area (Å²) in [6.45, 7) is 0.660. The van der Waals surface area contributed by atoms with Crippen molar-refractivity contribution in [3.05, 3.63) is 65.2 Å². The van der Waals surface area contributed by atoms with Gasteiger partial charge in [0.1, 0.15) is 5.75 Å². The van der Waals surface area contributed by atoms with Gasteiger partial charge in [0.2, 0.25) is 0 Å². The number of amides is 1. The van der Waals surface area contributed by atoms with Crippen LogP contribution in [-0.4, -0.2) is 44.0 Å². The zero-order chi connectivity index (χ0) is 21.2. The molecule has 2 rings (SSSR count). The third kappa shape index (κ3) is 7.06. The Morgan fingerprint density at radius 1 is 1.14 bits per heavy atom. The van der Waals surface area contributed by atoms with Gasteiger partial charge in [0.25, 0.3) is 5.91 Å². The van der Waals surface area contributed by atoms with Crippen molar-refractivity contribution in [3.8, 4) is 5.75 Å². The molecule has 0 saturated heterocycles. The van der Waals surface area contributed by atoms with Gasteiger partial charge < -0.3 is 20.3 Å². The van der Waals surface area contributed by atoms with Gasteiger partial charge in [-0.1, -0.05) is 24.3 Å². The van der Waals surface area contributed by atoms with E-state index >= 15 is 0 Å². The monoisotopic (exact) mass is 404 g/mol. The van der Waals surface area contributed by atoms with E-state index in [0.717, 1.165) is 11.1 Å². The third-order valence-corrected chi connectivity index (χ3v) is 4.12. The molecule has 0 aliphatic heterocycles. The lowest BCUT2D eigenvalue weighted by Crippen LogP contribution is -2.38. The second-order valence-electron chi connectivity index (χ2n) is 6.34. The summed E-state index contributed by atoms with van der Waals surface area (Å²) in [6, 6.07) is 13.9. The maximum atomic E-state index is 12.2. The number of halogens is 2. The topological polar surface area (TPSA) is 66.0 Å². The second-order valence-corrected chi connectivity index (χ2v) is 6.34. The van der Waals surface area contributed by atoms with Gasteiger partial charge in [-0.15, -0.1) is 0 Å². The molecule has 2 N–H and O–H groups in total. The summed E-state index contributed by atoms with van der Waals surface area (Å²) in [5.41, 5.74) is 2.49. The van der Waals surface area contributed by atoms with Gasteiger partial charge in [0.15, 0.2) is 5.96 Å². The van der Waals surface area contributed by atoms with Gasteiger partial charge >= 0.3 is 6.61 Å². The first-order chi connectivity index (χ1) is 13.9. The molecule has 156 valence electrons. The minimum absolute atomic E-state index is 0.102. The number of nitrogens with one attached hydrogen (secondary N) is 2. The van der Waals surface area contributed by atoms with Crippen molar-refractivity contribution in [3.63, 3.8) is 0 Å². The highest BCUT2D eigenvalue weighted by Gasteiger charge is 2.09. The van der Waals surface area contributed by atoms with Crippen molar-refractivity contribution >= 4 is 11.9 Å². The van der Waals surface area contributed by atoms with E-state index < -0.39 is 6.61 Å². The normalized spacial score (nSPS) is 11.3. The van der Waals surface area contributed by atoms with Gasteiger partial charge in [0.05, 0.1) is 0 Å². The van der Waals surface area contributed by atoms with Crippen LogP contribution in [0.25, 0.3) is 0 Å². The van der Waals surface area contributed by atoms with Crippen LogP contribution in [0.2, 0.25) is 0 Å². The van der Waals surface area contributed by atoms with Gasteiger partial charge in [-0.25, -0.2) is 0 Å². The van der Waals surface area contributed by atoms with E-state index in [-0.39, 0.29) is 11.7 Å². The van der Waals surface area contributed by atoms with Crippen molar-refractivity contribution in [1.29, 1.82) is 0 Å². The standard InChI is InChI=1S/C21H26F2N4O2/c1-4-25-19(28)17-7-5-6-16(12-17)13-26-21(24-2)27(3)14-15-8-10-18(11-9-15)29-20(22)23/h5-12,20H,4,13-14H2,1-3H3,(H,24,26)(H,25,28). The van der Waals surface area contributed by atoms with Crippen molar-refractivity contribution in [2.75, 3.05) is 20.6 Å². The van der Waals surface area contributed by atoms with Gasteiger partial charge in [-0.05, 0) is 42.3 Å². The van der Waals surface area contributed by atoms with Gasteiger partial charge in [-0.2, -0.15) is 8.78 Å². The number of guanidine groups is 1. The summed E-state index contributed by atoms with van der Waals surface area (Å²) in [5, 5.41) is 6.04. The molecule has 0 bridgehead atoms. The molecule has 1 amide bonds. The Morgan fingerprint density at radius 2 is 1.86 bits per heavy atom. The predicted molar refractivity (Wildman–Crippen MR) is 109 cm³/mol. The Balaban J connectivity index is 1.94. The second kappa shape index (κ2) is 11.0. The molecule has 0 aliphatic carbocycles. The van der Waals surface area contributed by atoms with Crippen LogP contribution in [0, 0.1) is 0 Å². The number of hydrogen-bond acceptors (Lipinski definition) is 3. The molecule has 0 fully saturated rings. The van der Waals surface area contributed by atoms with Crippen molar-refractivity contribution < 1.29 is 18.3 Å². The van der Waals surface area contributed by atoms with Crippen LogP contribution in [0.3, 0.4) is 0 Å². The molecule has 0 unspecified atom stereocenters. The molecular weight excluding hydrogens is 378 g/mol. The fourth-order valence-electron chi connectivity index (χ4n) is 2.78. The average molecular weight is 404 g/mol. The molecule has 0 aliphatic rings. The predicted octanol–water partition coefficient (Wildman–Crippen LogP) is 3.25. The van der Waals surface area contributed by atoms with Gasteiger partial charge in [0, 0.05) is 39.3 Å². The average Bonchev–Trinajstić information content (AvgIpc) is 2.70. The van der Waals surface area contributed by atoms with Crippen LogP contribution in [0.15, 0.2) is 53.5 Å². The smallest absolute Gasteiger partial charge is 0.387 e. The largest absolute Gasteiger partial charge is 0.435 e. The number of rotatable bonds is 8. The Labute approximate surface area is 169 Å². The SMILES string of the molecule is CCNC(=O)c1cccc(CNC(=NC)N(C)Cc2ccc(OC(F)F)cc2)c1. The fraction of sp³-hybridized carbons (Fsp3) is 0.333. The van der Waals surface area contributed by atoms with Crippen LogP contribution in [0.1, 0.15) is 28.4 Å².